The summed E-state index contributed by atoms with van der Waals surface area (Å²) in [6.45, 7) is 25.5. The molecule has 0 aliphatic carbocycles. The zero-order valence-electron chi connectivity index (χ0n) is 20.0. The normalized spacial score (nSPS) is 13.5. The summed E-state index contributed by atoms with van der Waals surface area (Å²) in [6, 6.07) is 2.10. The molecule has 0 aromatic rings. The van der Waals surface area contributed by atoms with Gasteiger partial charge in [-0.25, -0.2) is 4.79 Å². The Hall–Kier alpha value is -0.0425. The Balaban J connectivity index is 4.65. The number of esters is 1. The van der Waals surface area contributed by atoms with Gasteiger partial charge in [0.15, 0.2) is 16.6 Å². The SMILES string of the molecule is C=C(C)C(=O)OCCC[Si](C)(C)O[Si](C)(C)O[Si](C)(C)O[Si](C)(C)CCCC. The van der Waals surface area contributed by atoms with Crippen molar-refractivity contribution in [1.29, 1.82) is 0 Å². The van der Waals surface area contributed by atoms with Crippen LogP contribution in [0.5, 0.6) is 0 Å². The van der Waals surface area contributed by atoms with Gasteiger partial charge >= 0.3 is 23.1 Å². The number of ether oxygens (including phenoxy) is 1. The van der Waals surface area contributed by atoms with E-state index in [4.69, 9.17) is 17.1 Å². The maximum absolute atomic E-state index is 11.5. The number of carbonyl (C=O) groups is 1. The smallest absolute Gasteiger partial charge is 0.333 e. The predicted molar refractivity (Wildman–Crippen MR) is 128 cm³/mol. The minimum atomic E-state index is -2.31. The molecule has 0 heterocycles. The molecule has 0 bridgehead atoms. The molecule has 166 valence electrons. The van der Waals surface area contributed by atoms with Gasteiger partial charge in [0.25, 0.3) is 0 Å². The van der Waals surface area contributed by atoms with Crippen molar-refractivity contribution >= 4 is 39.7 Å². The van der Waals surface area contributed by atoms with Crippen LogP contribution in [0, 0.1) is 0 Å². The van der Waals surface area contributed by atoms with E-state index in [0.717, 1.165) is 12.5 Å². The first-order valence-corrected chi connectivity index (χ1v) is 22.3. The van der Waals surface area contributed by atoms with Crippen LogP contribution < -0.4 is 0 Å². The van der Waals surface area contributed by atoms with E-state index < -0.39 is 33.8 Å². The summed E-state index contributed by atoms with van der Waals surface area (Å²) in [4.78, 5) is 11.5. The van der Waals surface area contributed by atoms with Crippen LogP contribution in [-0.2, 0) is 21.9 Å². The maximum Gasteiger partial charge on any atom is 0.333 e. The molecule has 0 atom stereocenters. The molecule has 9 heteroatoms. The van der Waals surface area contributed by atoms with E-state index in [1.807, 2.05) is 0 Å². The van der Waals surface area contributed by atoms with Gasteiger partial charge in [0, 0.05) is 5.57 Å². The van der Waals surface area contributed by atoms with Crippen molar-refractivity contribution in [2.75, 3.05) is 6.61 Å². The highest BCUT2D eigenvalue weighted by atomic mass is 28.5. The summed E-state index contributed by atoms with van der Waals surface area (Å²) in [5.74, 6) is -0.321. The van der Waals surface area contributed by atoms with Crippen molar-refractivity contribution in [3.63, 3.8) is 0 Å². The summed E-state index contributed by atoms with van der Waals surface area (Å²) < 4.78 is 24.9. The van der Waals surface area contributed by atoms with Crippen molar-refractivity contribution in [2.24, 2.45) is 0 Å². The highest BCUT2D eigenvalue weighted by Crippen LogP contribution is 2.27. The Kier molecular flexibility index (Phi) is 11.4. The van der Waals surface area contributed by atoms with E-state index in [9.17, 15) is 4.79 Å². The molecular weight excluding hydrogens is 421 g/mol. The minimum Gasteiger partial charge on any atom is -0.462 e. The van der Waals surface area contributed by atoms with Gasteiger partial charge in [0.1, 0.15) is 0 Å². The van der Waals surface area contributed by atoms with E-state index in [-0.39, 0.29) is 5.97 Å². The minimum absolute atomic E-state index is 0.321. The van der Waals surface area contributed by atoms with Crippen LogP contribution in [0.15, 0.2) is 12.2 Å². The summed E-state index contributed by atoms with van der Waals surface area (Å²) >= 11 is 0. The number of hydrogen-bond donors (Lipinski definition) is 0. The highest BCUT2D eigenvalue weighted by molar-refractivity contribution is 6.89. The van der Waals surface area contributed by atoms with Gasteiger partial charge in [0.05, 0.1) is 6.61 Å². The van der Waals surface area contributed by atoms with E-state index >= 15 is 0 Å². The van der Waals surface area contributed by atoms with Gasteiger partial charge in [-0.1, -0.05) is 26.3 Å². The molecule has 0 spiro atoms. The van der Waals surface area contributed by atoms with Gasteiger partial charge in [-0.2, -0.15) is 0 Å². The van der Waals surface area contributed by atoms with Crippen molar-refractivity contribution < 1.29 is 21.9 Å². The molecule has 28 heavy (non-hydrogen) atoms. The maximum atomic E-state index is 11.5. The molecule has 0 radical (unpaired) electrons. The molecule has 0 rings (SSSR count). The van der Waals surface area contributed by atoms with Crippen LogP contribution in [0.2, 0.25) is 64.5 Å². The van der Waals surface area contributed by atoms with Gasteiger partial charge in [-0.05, 0) is 77.8 Å². The van der Waals surface area contributed by atoms with Gasteiger partial charge in [0.2, 0.25) is 0 Å². The third kappa shape index (κ3) is 13.2. The average molecular weight is 465 g/mol. The summed E-state index contributed by atoms with van der Waals surface area (Å²) in [5.41, 5.74) is 0.437. The highest BCUT2D eigenvalue weighted by Gasteiger charge is 2.43. The molecule has 0 aromatic heterocycles. The largest absolute Gasteiger partial charge is 0.462 e. The Morgan fingerprint density at radius 2 is 1.21 bits per heavy atom. The number of carbonyl (C=O) groups excluding carboxylic acids is 1. The van der Waals surface area contributed by atoms with Gasteiger partial charge < -0.3 is 17.1 Å². The second kappa shape index (κ2) is 11.4. The van der Waals surface area contributed by atoms with Gasteiger partial charge in [-0.3, -0.25) is 0 Å². The van der Waals surface area contributed by atoms with Crippen molar-refractivity contribution in [3.05, 3.63) is 12.2 Å². The fourth-order valence-corrected chi connectivity index (χ4v) is 22.9. The van der Waals surface area contributed by atoms with E-state index in [0.29, 0.717) is 12.2 Å². The first-order valence-electron chi connectivity index (χ1n) is 10.4. The van der Waals surface area contributed by atoms with Crippen LogP contribution in [0.1, 0.15) is 33.1 Å². The van der Waals surface area contributed by atoms with Crippen molar-refractivity contribution in [3.8, 4) is 0 Å². The lowest BCUT2D eigenvalue weighted by atomic mass is 10.4. The molecule has 5 nitrogen and oxygen atoms in total. The topological polar surface area (TPSA) is 54.0 Å². The number of unbranched alkanes of at least 4 members (excludes halogenated alkanes) is 1. The Labute approximate surface area is 177 Å². The van der Waals surface area contributed by atoms with E-state index in [1.54, 1.807) is 6.92 Å². The average Bonchev–Trinajstić information content (AvgIpc) is 2.45. The second-order valence-corrected chi connectivity index (χ2v) is 25.8. The standard InChI is InChI=1S/C19H44O5Si4/c1-12-13-16-25(4,5)22-27(8,9)24-28(10,11)23-26(6,7)17-14-15-21-19(20)18(2)3/h2,12-17H2,1,3-11H3. The predicted octanol–water partition coefficient (Wildman–Crippen LogP) is 6.16. The van der Waals surface area contributed by atoms with Gasteiger partial charge in [-0.15, -0.1) is 0 Å². The monoisotopic (exact) mass is 464 g/mol. The molecule has 0 N–H and O–H groups in total. The quantitative estimate of drug-likeness (QED) is 0.133. The number of hydrogen-bond acceptors (Lipinski definition) is 5. The van der Waals surface area contributed by atoms with Crippen LogP contribution in [0.3, 0.4) is 0 Å². The first kappa shape index (κ1) is 28.0. The Bertz CT molecular complexity index is 518. The zero-order valence-corrected chi connectivity index (χ0v) is 24.0. The van der Waals surface area contributed by atoms with E-state index in [1.165, 1.54) is 18.9 Å². The lowest BCUT2D eigenvalue weighted by Gasteiger charge is -2.41. The second-order valence-electron chi connectivity index (χ2n) is 9.75. The lowest BCUT2D eigenvalue weighted by molar-refractivity contribution is -0.138. The summed E-state index contributed by atoms with van der Waals surface area (Å²) in [5, 5.41) is 0. The molecule has 0 saturated heterocycles. The van der Waals surface area contributed by atoms with Crippen molar-refractivity contribution in [2.45, 2.75) is 97.6 Å². The Morgan fingerprint density at radius 1 is 0.786 bits per heavy atom. The number of rotatable bonds is 14. The molecule has 0 amide bonds. The van der Waals surface area contributed by atoms with Crippen LogP contribution in [0.4, 0.5) is 0 Å². The molecule has 0 fully saturated rings. The third-order valence-corrected chi connectivity index (χ3v) is 19.6. The molecule has 0 saturated carbocycles. The Morgan fingerprint density at radius 3 is 1.61 bits per heavy atom. The lowest BCUT2D eigenvalue weighted by Crippen LogP contribution is -2.56. The molecular formula is C19H44O5Si4. The fraction of sp³-hybridized carbons (Fsp3) is 0.842. The molecule has 0 aliphatic heterocycles. The van der Waals surface area contributed by atoms with Crippen LogP contribution in [0.25, 0.3) is 0 Å². The fourth-order valence-electron chi connectivity index (χ4n) is 3.45. The molecule has 0 aromatic carbocycles. The first-order chi connectivity index (χ1) is 12.5. The van der Waals surface area contributed by atoms with E-state index in [2.05, 4.69) is 65.9 Å². The zero-order chi connectivity index (χ0) is 22.2. The molecule has 0 aliphatic rings. The summed E-state index contributed by atoms with van der Waals surface area (Å²) in [6.07, 6.45) is 3.22. The van der Waals surface area contributed by atoms with Crippen molar-refractivity contribution in [1.82, 2.24) is 0 Å². The van der Waals surface area contributed by atoms with Crippen LogP contribution >= 0.6 is 0 Å². The molecule has 0 unspecified atom stereocenters. The third-order valence-electron chi connectivity index (χ3n) is 4.17. The summed E-state index contributed by atoms with van der Waals surface area (Å²) in [7, 11) is -8.18. The van der Waals surface area contributed by atoms with Crippen LogP contribution in [-0.4, -0.2) is 46.3 Å².